The Morgan fingerprint density at radius 2 is 1.62 bits per heavy atom. The molecule has 4 amide bonds. The van der Waals surface area contributed by atoms with Gasteiger partial charge in [-0.2, -0.15) is 0 Å². The van der Waals surface area contributed by atoms with Gasteiger partial charge in [-0.25, -0.2) is 23.4 Å². The number of carbonyl (C=O) groups is 3. The second kappa shape index (κ2) is 9.41. The predicted octanol–water partition coefficient (Wildman–Crippen LogP) is 1.27. The maximum atomic E-state index is 12.6. The summed E-state index contributed by atoms with van der Waals surface area (Å²) in [6.07, 6.45) is 0.183. The lowest BCUT2D eigenvalue weighted by molar-refractivity contribution is -0.165. The number of ether oxygens (including phenoxy) is 1. The Bertz CT molecular complexity index is 1180. The zero-order valence-corrected chi connectivity index (χ0v) is 19.7. The molecule has 11 nitrogen and oxygen atoms in total. The van der Waals surface area contributed by atoms with Gasteiger partial charge in [0, 0.05) is 7.05 Å². The Hall–Kier alpha value is -3.48. The zero-order valence-electron chi connectivity index (χ0n) is 18.9. The van der Waals surface area contributed by atoms with Gasteiger partial charge < -0.3 is 9.64 Å². The minimum atomic E-state index is -3.78. The molecule has 1 fully saturated rings. The second-order valence-corrected chi connectivity index (χ2v) is 9.92. The topological polar surface area (TPSA) is 151 Å². The minimum Gasteiger partial charge on any atom is -0.491 e. The number of primary sulfonamides is 1. The van der Waals surface area contributed by atoms with Crippen LogP contribution in [-0.4, -0.2) is 78.6 Å². The van der Waals surface area contributed by atoms with Crippen LogP contribution in [0, 0.1) is 0 Å². The van der Waals surface area contributed by atoms with E-state index in [1.165, 1.54) is 24.1 Å². The van der Waals surface area contributed by atoms with E-state index in [1.54, 1.807) is 50.2 Å². The lowest BCUT2D eigenvalue weighted by Crippen LogP contribution is -2.48. The first-order valence-electron chi connectivity index (χ1n) is 10.2. The number of rotatable bonds is 9. The molecular weight excluding hydrogens is 464 g/mol. The van der Waals surface area contributed by atoms with Crippen molar-refractivity contribution < 1.29 is 32.7 Å². The van der Waals surface area contributed by atoms with Gasteiger partial charge in [-0.05, 0) is 49.2 Å². The molecule has 1 atom stereocenters. The lowest BCUT2D eigenvalue weighted by Gasteiger charge is -2.26. The molecule has 1 heterocycles. The number of likely N-dealkylation sites (N-methyl/N-ethyl adjacent to an activating group) is 1. The van der Waals surface area contributed by atoms with Crippen molar-refractivity contribution in [3.8, 4) is 16.9 Å². The van der Waals surface area contributed by atoms with Crippen LogP contribution in [0.25, 0.3) is 11.1 Å². The highest BCUT2D eigenvalue weighted by molar-refractivity contribution is 7.89. The maximum Gasteiger partial charge on any atom is 0.327 e. The summed E-state index contributed by atoms with van der Waals surface area (Å²) >= 11 is 0. The van der Waals surface area contributed by atoms with Gasteiger partial charge in [0.2, 0.25) is 16.4 Å². The molecule has 182 valence electrons. The zero-order chi connectivity index (χ0) is 25.3. The lowest BCUT2D eigenvalue weighted by atomic mass is 10.1. The van der Waals surface area contributed by atoms with Crippen molar-refractivity contribution in [2.75, 3.05) is 20.2 Å². The third kappa shape index (κ3) is 5.03. The van der Waals surface area contributed by atoms with Gasteiger partial charge in [0.15, 0.2) is 0 Å². The molecule has 0 spiro atoms. The smallest absolute Gasteiger partial charge is 0.327 e. The number of nitrogens with two attached hydrogens (primary N) is 1. The number of amides is 4. The quantitative estimate of drug-likeness (QED) is 0.232. The molecule has 2 aromatic carbocycles. The van der Waals surface area contributed by atoms with Crippen molar-refractivity contribution in [3.05, 3.63) is 48.5 Å². The van der Waals surface area contributed by atoms with E-state index < -0.39 is 33.5 Å². The first-order chi connectivity index (χ1) is 15.9. The molecule has 2 aromatic rings. The molecule has 0 aromatic heterocycles. The highest BCUT2D eigenvalue weighted by Gasteiger charge is 2.50. The molecular formula is C22H26N4O7S. The number of hydrogen-bond acceptors (Lipinski definition) is 7. The van der Waals surface area contributed by atoms with Gasteiger partial charge in [0.25, 0.3) is 5.91 Å². The SMILES string of the molecule is CN1C(=O)N(C[C@H](COc2ccc(-c3ccc(S(N)(=O)=O)cc3)cc2)N(O)C=O)C(=O)C1(C)C. The average molecular weight is 491 g/mol. The summed E-state index contributed by atoms with van der Waals surface area (Å²) in [4.78, 5) is 38.5. The Morgan fingerprint density at radius 1 is 1.09 bits per heavy atom. The highest BCUT2D eigenvalue weighted by Crippen LogP contribution is 2.27. The van der Waals surface area contributed by atoms with Gasteiger partial charge in [0.1, 0.15) is 23.9 Å². The molecule has 0 bridgehead atoms. The first-order valence-corrected chi connectivity index (χ1v) is 11.8. The molecule has 34 heavy (non-hydrogen) atoms. The van der Waals surface area contributed by atoms with E-state index in [9.17, 15) is 28.0 Å². The molecule has 3 N–H and O–H groups in total. The number of imide groups is 1. The fourth-order valence-corrected chi connectivity index (χ4v) is 3.94. The molecule has 12 heteroatoms. The molecule has 1 saturated heterocycles. The first kappa shape index (κ1) is 25.1. The van der Waals surface area contributed by atoms with Crippen molar-refractivity contribution in [1.29, 1.82) is 0 Å². The van der Waals surface area contributed by atoms with Crippen LogP contribution in [0.15, 0.2) is 53.4 Å². The van der Waals surface area contributed by atoms with E-state index in [4.69, 9.17) is 9.88 Å². The van der Waals surface area contributed by atoms with Gasteiger partial charge in [-0.3, -0.25) is 19.7 Å². The van der Waals surface area contributed by atoms with Crippen molar-refractivity contribution in [2.24, 2.45) is 5.14 Å². The van der Waals surface area contributed by atoms with E-state index in [2.05, 4.69) is 0 Å². The summed E-state index contributed by atoms with van der Waals surface area (Å²) in [5.41, 5.74) is 0.518. The molecule has 0 unspecified atom stereocenters. The Morgan fingerprint density at radius 3 is 2.06 bits per heavy atom. The number of hydrogen-bond donors (Lipinski definition) is 2. The minimum absolute atomic E-state index is 0.00975. The molecule has 0 aliphatic carbocycles. The van der Waals surface area contributed by atoms with E-state index in [1.807, 2.05) is 0 Å². The summed E-state index contributed by atoms with van der Waals surface area (Å²) in [7, 11) is -2.27. The maximum absolute atomic E-state index is 12.6. The van der Waals surface area contributed by atoms with Gasteiger partial charge >= 0.3 is 6.03 Å². The summed E-state index contributed by atoms with van der Waals surface area (Å²) in [6.45, 7) is 2.80. The number of sulfonamides is 1. The van der Waals surface area contributed by atoms with Crippen molar-refractivity contribution in [1.82, 2.24) is 14.9 Å². The van der Waals surface area contributed by atoms with E-state index >= 15 is 0 Å². The van der Waals surface area contributed by atoms with Crippen molar-refractivity contribution in [2.45, 2.75) is 30.3 Å². The monoisotopic (exact) mass is 490 g/mol. The van der Waals surface area contributed by atoms with Crippen LogP contribution >= 0.6 is 0 Å². The Kier molecular flexibility index (Phi) is 6.96. The van der Waals surface area contributed by atoms with E-state index in [-0.39, 0.29) is 24.5 Å². The van der Waals surface area contributed by atoms with Crippen LogP contribution in [0.4, 0.5) is 4.79 Å². The normalized spacial score (nSPS) is 16.5. The third-order valence-electron chi connectivity index (χ3n) is 5.81. The number of benzene rings is 2. The fourth-order valence-electron chi connectivity index (χ4n) is 3.42. The number of hydroxylamine groups is 2. The summed E-state index contributed by atoms with van der Waals surface area (Å²) in [5.74, 6) is -0.0205. The number of carbonyl (C=O) groups excluding carboxylic acids is 3. The van der Waals surface area contributed by atoms with Crippen molar-refractivity contribution in [3.63, 3.8) is 0 Å². The predicted molar refractivity (Wildman–Crippen MR) is 121 cm³/mol. The largest absolute Gasteiger partial charge is 0.491 e. The van der Waals surface area contributed by atoms with Crippen LogP contribution in [0.1, 0.15) is 13.8 Å². The van der Waals surface area contributed by atoms with Crippen LogP contribution in [0.2, 0.25) is 0 Å². The second-order valence-electron chi connectivity index (χ2n) is 8.36. The number of nitrogens with zero attached hydrogens (tertiary/aromatic N) is 3. The van der Waals surface area contributed by atoms with Gasteiger partial charge in [-0.15, -0.1) is 0 Å². The van der Waals surface area contributed by atoms with Gasteiger partial charge in [0.05, 0.1) is 11.4 Å². The van der Waals surface area contributed by atoms with Crippen molar-refractivity contribution >= 4 is 28.4 Å². The summed E-state index contributed by atoms with van der Waals surface area (Å²) in [5, 5.41) is 15.4. The summed E-state index contributed by atoms with van der Waals surface area (Å²) in [6, 6.07) is 11.4. The van der Waals surface area contributed by atoms with Gasteiger partial charge in [-0.1, -0.05) is 24.3 Å². The highest BCUT2D eigenvalue weighted by atomic mass is 32.2. The Balaban J connectivity index is 1.69. The van der Waals surface area contributed by atoms with Crippen LogP contribution in [0.5, 0.6) is 5.75 Å². The molecule has 1 aliphatic rings. The fraction of sp³-hybridized carbons (Fsp3) is 0.318. The molecule has 1 aliphatic heterocycles. The molecule has 3 rings (SSSR count). The average Bonchev–Trinajstić information content (AvgIpc) is 2.95. The molecule has 0 radical (unpaired) electrons. The molecule has 0 saturated carbocycles. The van der Waals surface area contributed by atoms with Crippen LogP contribution in [0.3, 0.4) is 0 Å². The third-order valence-corrected chi connectivity index (χ3v) is 6.74. The Labute approximate surface area is 197 Å². The summed E-state index contributed by atoms with van der Waals surface area (Å²) < 4.78 is 28.5. The van der Waals surface area contributed by atoms with Crippen LogP contribution < -0.4 is 9.88 Å². The van der Waals surface area contributed by atoms with E-state index in [0.717, 1.165) is 16.0 Å². The standard InChI is InChI=1S/C22H26N4O7S/c1-22(2)20(28)25(21(29)24(22)3)12-17(26(30)14-27)13-33-18-8-4-15(5-9-18)16-6-10-19(11-7-16)34(23,31)32/h4-11,14,17,30H,12-13H2,1-3H3,(H2,23,31,32)/t17-/m1/s1. The van der Waals surface area contributed by atoms with Crippen LogP contribution in [-0.2, 0) is 19.6 Å². The number of urea groups is 1. The van der Waals surface area contributed by atoms with E-state index in [0.29, 0.717) is 10.8 Å².